The van der Waals surface area contributed by atoms with Crippen molar-refractivity contribution < 1.29 is 0 Å². The third kappa shape index (κ3) is 2.57. The maximum absolute atomic E-state index is 6.34. The molecular weight excluding hydrogens is 347 g/mol. The Balaban J connectivity index is 1.81. The first-order chi connectivity index (χ1) is 11.6. The number of rotatable bonds is 3. The third-order valence-corrected chi connectivity index (χ3v) is 4.60. The molecule has 0 bridgehead atoms. The van der Waals surface area contributed by atoms with Crippen molar-refractivity contribution in [3.63, 3.8) is 0 Å². The van der Waals surface area contributed by atoms with E-state index in [1.807, 2.05) is 35.9 Å². The Hall–Kier alpha value is -2.31. The average molecular weight is 359 g/mol. The van der Waals surface area contributed by atoms with Gasteiger partial charge in [0.05, 0.1) is 17.8 Å². The molecule has 0 saturated carbocycles. The van der Waals surface area contributed by atoms with Gasteiger partial charge < -0.3 is 0 Å². The molecule has 0 N–H and O–H groups in total. The van der Waals surface area contributed by atoms with Gasteiger partial charge in [0, 0.05) is 16.8 Å². The average Bonchev–Trinajstić information content (AvgIpc) is 3.20. The van der Waals surface area contributed by atoms with Crippen LogP contribution < -0.4 is 0 Å². The molecule has 0 atom stereocenters. The molecular formula is C16H12Cl2N6. The molecule has 3 heterocycles. The summed E-state index contributed by atoms with van der Waals surface area (Å²) in [6.07, 6.45) is 1.72. The van der Waals surface area contributed by atoms with E-state index in [9.17, 15) is 0 Å². The van der Waals surface area contributed by atoms with Crippen molar-refractivity contribution in [2.45, 2.75) is 13.5 Å². The Bertz CT molecular complexity index is 985. The van der Waals surface area contributed by atoms with E-state index in [1.165, 1.54) is 0 Å². The Morgan fingerprint density at radius 1 is 1.25 bits per heavy atom. The van der Waals surface area contributed by atoms with E-state index in [-0.39, 0.29) is 0 Å². The van der Waals surface area contributed by atoms with Crippen LogP contribution >= 0.6 is 23.2 Å². The Morgan fingerprint density at radius 3 is 2.88 bits per heavy atom. The number of aryl methyl sites for hydroxylation is 1. The highest BCUT2D eigenvalue weighted by molar-refractivity contribution is 6.34. The first-order valence-corrected chi connectivity index (χ1v) is 8.09. The van der Waals surface area contributed by atoms with E-state index in [2.05, 4.69) is 25.5 Å². The minimum Gasteiger partial charge on any atom is -0.257 e. The molecule has 0 aliphatic carbocycles. The highest BCUT2D eigenvalue weighted by atomic mass is 35.5. The van der Waals surface area contributed by atoms with Gasteiger partial charge in [-0.2, -0.15) is 10.2 Å². The molecule has 0 fully saturated rings. The van der Waals surface area contributed by atoms with Gasteiger partial charge in [0.1, 0.15) is 12.1 Å². The SMILES string of the molecule is Cc1cccc(Cl)c1Cn1nc(Cl)c2ncc(C3=NN=NC3)cc21. The molecule has 1 aliphatic rings. The second-order valence-electron chi connectivity index (χ2n) is 5.51. The smallest absolute Gasteiger partial charge is 0.177 e. The summed E-state index contributed by atoms with van der Waals surface area (Å²) in [5, 5.41) is 17.0. The van der Waals surface area contributed by atoms with Crippen LogP contribution in [-0.4, -0.2) is 27.0 Å². The second kappa shape index (κ2) is 5.96. The minimum absolute atomic E-state index is 0.365. The van der Waals surface area contributed by atoms with E-state index in [0.717, 1.165) is 27.9 Å². The van der Waals surface area contributed by atoms with Crippen LogP contribution in [0, 0.1) is 6.92 Å². The molecule has 24 heavy (non-hydrogen) atoms. The van der Waals surface area contributed by atoms with Gasteiger partial charge in [-0.3, -0.25) is 9.67 Å². The molecule has 3 aromatic rings. The van der Waals surface area contributed by atoms with E-state index in [4.69, 9.17) is 23.2 Å². The van der Waals surface area contributed by atoms with Crippen LogP contribution in [0.5, 0.6) is 0 Å². The molecule has 6 nitrogen and oxygen atoms in total. The first kappa shape index (κ1) is 15.2. The number of halogens is 2. The predicted molar refractivity (Wildman–Crippen MR) is 94.1 cm³/mol. The van der Waals surface area contributed by atoms with Crippen molar-refractivity contribution in [1.82, 2.24) is 14.8 Å². The lowest BCUT2D eigenvalue weighted by Gasteiger charge is -2.09. The predicted octanol–water partition coefficient (Wildman–Crippen LogP) is 4.26. The zero-order valence-electron chi connectivity index (χ0n) is 12.7. The molecule has 1 aliphatic heterocycles. The van der Waals surface area contributed by atoms with E-state index < -0.39 is 0 Å². The molecule has 0 spiro atoms. The van der Waals surface area contributed by atoms with Crippen molar-refractivity contribution in [3.8, 4) is 0 Å². The molecule has 0 radical (unpaired) electrons. The first-order valence-electron chi connectivity index (χ1n) is 7.33. The number of hydrogen-bond acceptors (Lipinski definition) is 5. The van der Waals surface area contributed by atoms with Crippen LogP contribution in [0.4, 0.5) is 0 Å². The maximum Gasteiger partial charge on any atom is 0.177 e. The van der Waals surface area contributed by atoms with Crippen molar-refractivity contribution in [2.24, 2.45) is 15.4 Å². The van der Waals surface area contributed by atoms with E-state index in [1.54, 1.807) is 6.20 Å². The molecule has 0 unspecified atom stereocenters. The van der Waals surface area contributed by atoms with Crippen LogP contribution in [0.2, 0.25) is 10.2 Å². The summed E-state index contributed by atoms with van der Waals surface area (Å²) in [6, 6.07) is 7.79. The summed E-state index contributed by atoms with van der Waals surface area (Å²) in [6.45, 7) is 2.99. The van der Waals surface area contributed by atoms with Gasteiger partial charge in [0.2, 0.25) is 0 Å². The number of pyridine rings is 1. The standard InChI is InChI=1S/C16H12Cl2N6/c1-9-3-2-4-12(17)11(9)8-24-14-5-10(13-7-20-23-21-13)6-19-15(14)16(18)22-24/h2-6H,7-8H2,1H3. The second-order valence-corrected chi connectivity index (χ2v) is 6.28. The summed E-state index contributed by atoms with van der Waals surface area (Å²) < 4.78 is 1.81. The lowest BCUT2D eigenvalue weighted by molar-refractivity contribution is 0.709. The van der Waals surface area contributed by atoms with E-state index in [0.29, 0.717) is 28.8 Å². The van der Waals surface area contributed by atoms with Crippen LogP contribution in [0.1, 0.15) is 16.7 Å². The maximum atomic E-state index is 6.34. The quantitative estimate of drug-likeness (QED) is 0.701. The van der Waals surface area contributed by atoms with Crippen molar-refractivity contribution in [3.05, 3.63) is 57.3 Å². The lowest BCUT2D eigenvalue weighted by atomic mass is 10.1. The van der Waals surface area contributed by atoms with Crippen LogP contribution in [0.3, 0.4) is 0 Å². The molecule has 120 valence electrons. The van der Waals surface area contributed by atoms with Gasteiger partial charge in [-0.1, -0.05) is 35.3 Å². The van der Waals surface area contributed by atoms with Crippen molar-refractivity contribution >= 4 is 39.9 Å². The van der Waals surface area contributed by atoms with E-state index >= 15 is 0 Å². The number of aromatic nitrogens is 3. The molecule has 1 aromatic carbocycles. The lowest BCUT2D eigenvalue weighted by Crippen LogP contribution is -2.06. The normalized spacial score (nSPS) is 13.7. The molecule has 0 amide bonds. The van der Waals surface area contributed by atoms with Crippen molar-refractivity contribution in [2.75, 3.05) is 6.54 Å². The molecule has 0 saturated heterocycles. The number of nitrogens with zero attached hydrogens (tertiary/aromatic N) is 6. The summed E-state index contributed by atoms with van der Waals surface area (Å²) in [5.74, 6) is 0. The van der Waals surface area contributed by atoms with Gasteiger partial charge in [0.15, 0.2) is 5.15 Å². The Kier molecular flexibility index (Phi) is 3.78. The third-order valence-electron chi connectivity index (χ3n) is 3.99. The zero-order valence-corrected chi connectivity index (χ0v) is 14.3. The summed E-state index contributed by atoms with van der Waals surface area (Å²) >= 11 is 12.6. The minimum atomic E-state index is 0.365. The van der Waals surface area contributed by atoms with Crippen LogP contribution in [-0.2, 0) is 6.54 Å². The fourth-order valence-electron chi connectivity index (χ4n) is 2.68. The molecule has 2 aromatic heterocycles. The van der Waals surface area contributed by atoms with Crippen LogP contribution in [0.25, 0.3) is 11.0 Å². The monoisotopic (exact) mass is 358 g/mol. The molecule has 8 heteroatoms. The summed E-state index contributed by atoms with van der Waals surface area (Å²) in [7, 11) is 0. The van der Waals surface area contributed by atoms with Crippen molar-refractivity contribution in [1.29, 1.82) is 0 Å². The number of fused-ring (bicyclic) bond motifs is 1. The zero-order chi connectivity index (χ0) is 16.7. The fourth-order valence-corrected chi connectivity index (χ4v) is 3.19. The fraction of sp³-hybridized carbons (Fsp3) is 0.188. The topological polar surface area (TPSA) is 67.8 Å². The largest absolute Gasteiger partial charge is 0.257 e. The highest BCUT2D eigenvalue weighted by Gasteiger charge is 2.16. The summed E-state index contributed by atoms with van der Waals surface area (Å²) in [5.41, 5.74) is 5.23. The summed E-state index contributed by atoms with van der Waals surface area (Å²) in [4.78, 5) is 4.42. The van der Waals surface area contributed by atoms with Gasteiger partial charge in [-0.05, 0) is 35.4 Å². The number of hydrogen-bond donors (Lipinski definition) is 0. The molecule has 4 rings (SSSR count). The van der Waals surface area contributed by atoms with Gasteiger partial charge in [-0.25, -0.2) is 0 Å². The van der Waals surface area contributed by atoms with Crippen LogP contribution in [0.15, 0.2) is 45.9 Å². The van der Waals surface area contributed by atoms with Gasteiger partial charge in [-0.15, -0.1) is 5.10 Å². The Labute approximate surface area is 147 Å². The Morgan fingerprint density at radius 2 is 2.12 bits per heavy atom. The van der Waals surface area contributed by atoms with Gasteiger partial charge >= 0.3 is 0 Å². The van der Waals surface area contributed by atoms with Gasteiger partial charge in [0.25, 0.3) is 0 Å². The highest BCUT2D eigenvalue weighted by Crippen LogP contribution is 2.26. The number of benzene rings is 1.